The van der Waals surface area contributed by atoms with E-state index in [1.54, 1.807) is 6.07 Å². The number of carbonyl (C=O) groups excluding carboxylic acids is 2. The second kappa shape index (κ2) is 8.32. The molecule has 0 spiro atoms. The maximum atomic E-state index is 13.7. The van der Waals surface area contributed by atoms with E-state index in [1.165, 1.54) is 12.1 Å². The lowest BCUT2D eigenvalue weighted by molar-refractivity contribution is -0.128. The summed E-state index contributed by atoms with van der Waals surface area (Å²) in [5, 5.41) is 3.09. The van der Waals surface area contributed by atoms with Gasteiger partial charge in [0.05, 0.1) is 6.42 Å². The fourth-order valence-corrected chi connectivity index (χ4v) is 3.11. The molecule has 6 heteroatoms. The van der Waals surface area contributed by atoms with Gasteiger partial charge in [-0.25, -0.2) is 4.39 Å². The number of hydrogen-bond donors (Lipinski definition) is 1. The van der Waals surface area contributed by atoms with Crippen LogP contribution in [0.1, 0.15) is 29.5 Å². The number of benzene rings is 2. The number of amides is 2. The Labute approximate surface area is 157 Å². The average molecular weight is 375 g/mol. The van der Waals surface area contributed by atoms with Crippen molar-refractivity contribution in [1.29, 1.82) is 0 Å². The van der Waals surface area contributed by atoms with Gasteiger partial charge in [-0.2, -0.15) is 0 Å². The number of nitrogens with one attached hydrogen (secondary N) is 1. The van der Waals surface area contributed by atoms with Gasteiger partial charge in [0, 0.05) is 31.1 Å². The Bertz CT molecular complexity index is 808. The van der Waals surface area contributed by atoms with Crippen molar-refractivity contribution in [2.45, 2.75) is 32.4 Å². The number of rotatable bonds is 6. The molecule has 0 radical (unpaired) electrons. The van der Waals surface area contributed by atoms with E-state index < -0.39 is 5.82 Å². The zero-order valence-corrected chi connectivity index (χ0v) is 15.1. The minimum absolute atomic E-state index is 0.0296. The lowest BCUT2D eigenvalue weighted by Gasteiger charge is -2.15. The van der Waals surface area contributed by atoms with Crippen LogP contribution in [-0.4, -0.2) is 23.3 Å². The lowest BCUT2D eigenvalue weighted by atomic mass is 10.1. The highest BCUT2D eigenvalue weighted by molar-refractivity contribution is 6.30. The first-order chi connectivity index (χ1) is 12.5. The molecule has 1 aliphatic rings. The summed E-state index contributed by atoms with van der Waals surface area (Å²) in [4.78, 5) is 25.5. The van der Waals surface area contributed by atoms with E-state index in [4.69, 9.17) is 11.6 Å². The molecule has 2 aromatic carbocycles. The van der Waals surface area contributed by atoms with Crippen LogP contribution in [0.2, 0.25) is 5.02 Å². The van der Waals surface area contributed by atoms with Gasteiger partial charge in [-0.05, 0) is 35.2 Å². The monoisotopic (exact) mass is 374 g/mol. The van der Waals surface area contributed by atoms with Crippen LogP contribution >= 0.6 is 11.6 Å². The smallest absolute Gasteiger partial charge is 0.224 e. The molecule has 136 valence electrons. The summed E-state index contributed by atoms with van der Waals surface area (Å²) < 4.78 is 13.7. The maximum absolute atomic E-state index is 13.7. The summed E-state index contributed by atoms with van der Waals surface area (Å²) in [6.45, 7) is 1.82. The average Bonchev–Trinajstić information content (AvgIpc) is 3.02. The number of nitrogens with zero attached hydrogens (tertiary/aromatic N) is 1. The maximum Gasteiger partial charge on any atom is 0.224 e. The molecule has 1 aliphatic heterocycles. The highest BCUT2D eigenvalue weighted by Gasteiger charge is 2.19. The van der Waals surface area contributed by atoms with Crippen molar-refractivity contribution in [3.63, 3.8) is 0 Å². The topological polar surface area (TPSA) is 49.4 Å². The fourth-order valence-electron chi connectivity index (χ4n) is 2.96. The summed E-state index contributed by atoms with van der Waals surface area (Å²) >= 11 is 5.71. The van der Waals surface area contributed by atoms with Gasteiger partial charge in [0.25, 0.3) is 0 Å². The number of likely N-dealkylation sites (tertiary alicyclic amines) is 1. The predicted molar refractivity (Wildman–Crippen MR) is 98.1 cm³/mol. The van der Waals surface area contributed by atoms with Crippen molar-refractivity contribution < 1.29 is 14.0 Å². The molecule has 4 nitrogen and oxygen atoms in total. The molecule has 1 heterocycles. The third-order valence-corrected chi connectivity index (χ3v) is 4.66. The number of carbonyl (C=O) groups is 2. The second-order valence-electron chi connectivity index (χ2n) is 6.42. The van der Waals surface area contributed by atoms with Crippen LogP contribution in [0, 0.1) is 5.82 Å². The molecule has 0 aliphatic carbocycles. The Morgan fingerprint density at radius 1 is 1.15 bits per heavy atom. The summed E-state index contributed by atoms with van der Waals surface area (Å²) in [6, 6.07) is 12.1. The van der Waals surface area contributed by atoms with E-state index in [-0.39, 0.29) is 18.2 Å². The van der Waals surface area contributed by atoms with E-state index >= 15 is 0 Å². The van der Waals surface area contributed by atoms with Gasteiger partial charge in [0.2, 0.25) is 11.8 Å². The fraction of sp³-hybridized carbons (Fsp3) is 0.300. The standard InChI is InChI=1S/C20H20ClFN2O2/c21-17-8-7-16(18(22)11-17)10-19(25)23-12-14-3-5-15(6-4-14)13-24-9-1-2-20(24)26/h3-8,11H,1-2,9-10,12-13H2,(H,23,25). The zero-order chi connectivity index (χ0) is 18.5. The molecule has 1 saturated heterocycles. The molecule has 0 atom stereocenters. The van der Waals surface area contributed by atoms with E-state index in [1.807, 2.05) is 29.2 Å². The molecule has 2 amide bonds. The Morgan fingerprint density at radius 3 is 2.54 bits per heavy atom. The minimum Gasteiger partial charge on any atom is -0.352 e. The van der Waals surface area contributed by atoms with Crippen LogP contribution in [-0.2, 0) is 29.1 Å². The van der Waals surface area contributed by atoms with Crippen molar-refractivity contribution in [3.8, 4) is 0 Å². The SMILES string of the molecule is O=C(Cc1ccc(Cl)cc1F)NCc1ccc(CN2CCCC2=O)cc1. The number of halogens is 2. The largest absolute Gasteiger partial charge is 0.352 e. The third kappa shape index (κ3) is 4.82. The van der Waals surface area contributed by atoms with Gasteiger partial charge in [-0.3, -0.25) is 9.59 Å². The zero-order valence-electron chi connectivity index (χ0n) is 14.3. The van der Waals surface area contributed by atoms with Crippen LogP contribution in [0.5, 0.6) is 0 Å². The summed E-state index contributed by atoms with van der Waals surface area (Å²) in [6.07, 6.45) is 1.54. The van der Waals surface area contributed by atoms with Crippen molar-refractivity contribution >= 4 is 23.4 Å². The molecule has 0 saturated carbocycles. The molecule has 1 N–H and O–H groups in total. The Morgan fingerprint density at radius 2 is 1.88 bits per heavy atom. The van der Waals surface area contributed by atoms with Crippen molar-refractivity contribution in [3.05, 3.63) is 70.0 Å². The van der Waals surface area contributed by atoms with Gasteiger partial charge in [0.15, 0.2) is 0 Å². The Kier molecular flexibility index (Phi) is 5.89. The highest BCUT2D eigenvalue weighted by Crippen LogP contribution is 2.16. The highest BCUT2D eigenvalue weighted by atomic mass is 35.5. The van der Waals surface area contributed by atoms with Crippen LogP contribution in [0.15, 0.2) is 42.5 Å². The molecular formula is C20H20ClFN2O2. The van der Waals surface area contributed by atoms with Crippen molar-refractivity contribution in [1.82, 2.24) is 10.2 Å². The molecule has 0 unspecified atom stereocenters. The molecule has 2 aromatic rings. The van der Waals surface area contributed by atoms with Crippen LogP contribution < -0.4 is 5.32 Å². The Hall–Kier alpha value is -2.40. The summed E-state index contributed by atoms with van der Waals surface area (Å²) in [7, 11) is 0. The number of hydrogen-bond acceptors (Lipinski definition) is 2. The molecule has 0 bridgehead atoms. The van der Waals surface area contributed by atoms with E-state index in [0.29, 0.717) is 30.1 Å². The third-order valence-electron chi connectivity index (χ3n) is 4.42. The van der Waals surface area contributed by atoms with Gasteiger partial charge >= 0.3 is 0 Å². The Balaban J connectivity index is 1.49. The summed E-state index contributed by atoms with van der Waals surface area (Å²) in [5.74, 6) is -0.526. The van der Waals surface area contributed by atoms with Gasteiger partial charge in [-0.1, -0.05) is 41.9 Å². The molecule has 3 rings (SSSR count). The van der Waals surface area contributed by atoms with Gasteiger partial charge in [-0.15, -0.1) is 0 Å². The molecule has 1 fully saturated rings. The normalized spacial score (nSPS) is 13.9. The molecule has 26 heavy (non-hydrogen) atoms. The van der Waals surface area contributed by atoms with Crippen molar-refractivity contribution in [2.24, 2.45) is 0 Å². The first kappa shape index (κ1) is 18.4. The lowest BCUT2D eigenvalue weighted by Crippen LogP contribution is -2.25. The summed E-state index contributed by atoms with van der Waals surface area (Å²) in [5.41, 5.74) is 2.34. The van der Waals surface area contributed by atoms with E-state index in [9.17, 15) is 14.0 Å². The minimum atomic E-state index is -0.478. The first-order valence-electron chi connectivity index (χ1n) is 8.57. The van der Waals surface area contributed by atoms with Crippen molar-refractivity contribution in [2.75, 3.05) is 6.54 Å². The van der Waals surface area contributed by atoms with Crippen LogP contribution in [0.25, 0.3) is 0 Å². The molecule has 0 aromatic heterocycles. The van der Waals surface area contributed by atoms with Gasteiger partial charge in [0.1, 0.15) is 5.82 Å². The molecular weight excluding hydrogens is 355 g/mol. The first-order valence-corrected chi connectivity index (χ1v) is 8.95. The second-order valence-corrected chi connectivity index (χ2v) is 6.86. The quantitative estimate of drug-likeness (QED) is 0.841. The van der Waals surface area contributed by atoms with Crippen LogP contribution in [0.4, 0.5) is 4.39 Å². The predicted octanol–water partition coefficient (Wildman–Crippen LogP) is 3.46. The van der Waals surface area contributed by atoms with Crippen LogP contribution in [0.3, 0.4) is 0 Å². The van der Waals surface area contributed by atoms with E-state index in [0.717, 1.165) is 24.1 Å². The van der Waals surface area contributed by atoms with Gasteiger partial charge < -0.3 is 10.2 Å². The van der Waals surface area contributed by atoms with E-state index in [2.05, 4.69) is 5.32 Å².